The van der Waals surface area contributed by atoms with Crippen LogP contribution in [-0.2, 0) is 9.59 Å². The Balaban J connectivity index is 2.57. The SMILES string of the molecule is CCC1(C)CC(=O)N(C/C=C(/C)CCC=C(C)C)C(=O)C1. The zero-order valence-corrected chi connectivity index (χ0v) is 14.2. The van der Waals surface area contributed by atoms with Crippen molar-refractivity contribution in [3.8, 4) is 0 Å². The average Bonchev–Trinajstić information content (AvgIpc) is 2.37. The lowest BCUT2D eigenvalue weighted by Gasteiger charge is -2.36. The lowest BCUT2D eigenvalue weighted by Crippen LogP contribution is -2.46. The smallest absolute Gasteiger partial charge is 0.230 e. The van der Waals surface area contributed by atoms with E-state index in [4.69, 9.17) is 0 Å². The Kier molecular flexibility index (Phi) is 6.38. The molecular weight excluding hydrogens is 262 g/mol. The number of hydrogen-bond donors (Lipinski definition) is 0. The van der Waals surface area contributed by atoms with Gasteiger partial charge in [-0.1, -0.05) is 37.1 Å². The van der Waals surface area contributed by atoms with Gasteiger partial charge >= 0.3 is 0 Å². The van der Waals surface area contributed by atoms with Crippen molar-refractivity contribution in [1.82, 2.24) is 4.90 Å². The standard InChI is InChI=1S/C18H29NO2/c1-6-18(5)12-16(20)19(17(21)13-18)11-10-15(4)9-7-8-14(2)3/h8,10H,6-7,9,11-13H2,1-5H3/b15-10-. The van der Waals surface area contributed by atoms with Crippen molar-refractivity contribution in [2.45, 2.75) is 66.7 Å². The van der Waals surface area contributed by atoms with E-state index >= 15 is 0 Å². The average molecular weight is 291 g/mol. The molecule has 0 atom stereocenters. The number of carbonyl (C=O) groups is 2. The van der Waals surface area contributed by atoms with Gasteiger partial charge in [0, 0.05) is 19.4 Å². The summed E-state index contributed by atoms with van der Waals surface area (Å²) < 4.78 is 0. The van der Waals surface area contributed by atoms with Crippen LogP contribution in [-0.4, -0.2) is 23.3 Å². The number of rotatable bonds is 6. The van der Waals surface area contributed by atoms with Crippen molar-refractivity contribution >= 4 is 11.8 Å². The molecule has 0 aromatic carbocycles. The first kappa shape index (κ1) is 17.7. The van der Waals surface area contributed by atoms with Gasteiger partial charge in [-0.2, -0.15) is 0 Å². The van der Waals surface area contributed by atoms with E-state index in [2.05, 4.69) is 26.8 Å². The lowest BCUT2D eigenvalue weighted by atomic mass is 9.77. The molecular formula is C18H29NO2. The van der Waals surface area contributed by atoms with E-state index in [-0.39, 0.29) is 17.2 Å². The van der Waals surface area contributed by atoms with E-state index in [1.807, 2.05) is 19.9 Å². The minimum Gasteiger partial charge on any atom is -0.279 e. The van der Waals surface area contributed by atoms with Crippen LogP contribution in [0.25, 0.3) is 0 Å². The normalized spacial score (nSPS) is 18.9. The Hall–Kier alpha value is -1.38. The van der Waals surface area contributed by atoms with Crippen LogP contribution in [0.1, 0.15) is 66.7 Å². The Morgan fingerprint density at radius 2 is 1.71 bits per heavy atom. The van der Waals surface area contributed by atoms with E-state index < -0.39 is 0 Å². The second kappa shape index (κ2) is 7.58. The molecule has 0 aromatic heterocycles. The number of nitrogens with zero attached hydrogens (tertiary/aromatic N) is 1. The maximum absolute atomic E-state index is 12.2. The van der Waals surface area contributed by atoms with Crippen LogP contribution in [0.5, 0.6) is 0 Å². The molecule has 2 amide bonds. The molecule has 1 rings (SSSR count). The van der Waals surface area contributed by atoms with Crippen molar-refractivity contribution in [1.29, 1.82) is 0 Å². The molecule has 0 N–H and O–H groups in total. The van der Waals surface area contributed by atoms with Crippen LogP contribution < -0.4 is 0 Å². The first-order valence-electron chi connectivity index (χ1n) is 7.89. The van der Waals surface area contributed by atoms with Crippen molar-refractivity contribution in [2.75, 3.05) is 6.54 Å². The monoisotopic (exact) mass is 291 g/mol. The quantitative estimate of drug-likeness (QED) is 0.542. The summed E-state index contributed by atoms with van der Waals surface area (Å²) in [6, 6.07) is 0. The molecule has 0 radical (unpaired) electrons. The number of hydrogen-bond acceptors (Lipinski definition) is 2. The maximum atomic E-state index is 12.2. The van der Waals surface area contributed by atoms with E-state index in [0.717, 1.165) is 19.3 Å². The molecule has 21 heavy (non-hydrogen) atoms. The van der Waals surface area contributed by atoms with Gasteiger partial charge in [0.05, 0.1) is 0 Å². The molecule has 0 aliphatic carbocycles. The summed E-state index contributed by atoms with van der Waals surface area (Å²) in [4.78, 5) is 25.7. The van der Waals surface area contributed by atoms with Gasteiger partial charge in [-0.05, 0) is 45.4 Å². The number of piperidine rings is 1. The molecule has 1 saturated heterocycles. The summed E-state index contributed by atoms with van der Waals surface area (Å²) in [5.74, 6) is -0.0482. The highest BCUT2D eigenvalue weighted by atomic mass is 16.2. The van der Waals surface area contributed by atoms with E-state index in [1.54, 1.807) is 0 Å². The van der Waals surface area contributed by atoms with Gasteiger partial charge in [-0.15, -0.1) is 0 Å². The summed E-state index contributed by atoms with van der Waals surface area (Å²) in [5.41, 5.74) is 2.41. The van der Waals surface area contributed by atoms with E-state index in [9.17, 15) is 9.59 Å². The molecule has 0 saturated carbocycles. The predicted octanol–water partition coefficient (Wildman–Crippen LogP) is 4.24. The van der Waals surface area contributed by atoms with Crippen LogP contribution in [0.15, 0.2) is 23.3 Å². The minimum atomic E-state index is -0.146. The number of likely N-dealkylation sites (tertiary alicyclic amines) is 1. The van der Waals surface area contributed by atoms with Gasteiger partial charge in [0.25, 0.3) is 0 Å². The predicted molar refractivity (Wildman–Crippen MR) is 86.8 cm³/mol. The van der Waals surface area contributed by atoms with Gasteiger partial charge < -0.3 is 0 Å². The maximum Gasteiger partial charge on any atom is 0.230 e. The summed E-state index contributed by atoms with van der Waals surface area (Å²) >= 11 is 0. The molecule has 3 nitrogen and oxygen atoms in total. The highest BCUT2D eigenvalue weighted by molar-refractivity contribution is 5.98. The van der Waals surface area contributed by atoms with Crippen molar-refractivity contribution in [2.24, 2.45) is 5.41 Å². The highest BCUT2D eigenvalue weighted by Gasteiger charge is 2.38. The Labute approximate surface area is 129 Å². The van der Waals surface area contributed by atoms with Gasteiger partial charge in [-0.25, -0.2) is 0 Å². The minimum absolute atomic E-state index is 0.0241. The molecule has 1 fully saturated rings. The largest absolute Gasteiger partial charge is 0.279 e. The molecule has 3 heteroatoms. The molecule has 118 valence electrons. The summed E-state index contributed by atoms with van der Waals surface area (Å²) in [6.45, 7) is 10.7. The molecule has 0 aromatic rings. The zero-order valence-electron chi connectivity index (χ0n) is 14.2. The number of imide groups is 1. The number of carbonyl (C=O) groups excluding carboxylic acids is 2. The van der Waals surface area contributed by atoms with Crippen LogP contribution in [0.2, 0.25) is 0 Å². The fraction of sp³-hybridized carbons (Fsp3) is 0.667. The summed E-state index contributed by atoms with van der Waals surface area (Å²) in [5, 5.41) is 0. The summed E-state index contributed by atoms with van der Waals surface area (Å²) in [7, 11) is 0. The zero-order chi connectivity index (χ0) is 16.0. The van der Waals surface area contributed by atoms with Crippen molar-refractivity contribution < 1.29 is 9.59 Å². The molecule has 0 bridgehead atoms. The number of allylic oxidation sites excluding steroid dienone is 3. The van der Waals surface area contributed by atoms with Gasteiger partial charge in [0.1, 0.15) is 0 Å². The first-order chi connectivity index (χ1) is 9.77. The fourth-order valence-electron chi connectivity index (χ4n) is 2.51. The molecule has 1 aliphatic heterocycles. The fourth-order valence-corrected chi connectivity index (χ4v) is 2.51. The number of amides is 2. The van der Waals surface area contributed by atoms with Gasteiger partial charge in [-0.3, -0.25) is 14.5 Å². The summed E-state index contributed by atoms with van der Waals surface area (Å²) in [6.07, 6.45) is 8.06. The van der Waals surface area contributed by atoms with E-state index in [1.165, 1.54) is 16.0 Å². The van der Waals surface area contributed by atoms with Crippen LogP contribution >= 0.6 is 0 Å². The molecule has 1 heterocycles. The lowest BCUT2D eigenvalue weighted by molar-refractivity contribution is -0.152. The highest BCUT2D eigenvalue weighted by Crippen LogP contribution is 2.35. The first-order valence-corrected chi connectivity index (χ1v) is 7.89. The van der Waals surface area contributed by atoms with Crippen LogP contribution in [0, 0.1) is 5.41 Å². The molecule has 0 spiro atoms. The van der Waals surface area contributed by atoms with Crippen molar-refractivity contribution in [3.05, 3.63) is 23.3 Å². The second-order valence-corrected chi connectivity index (χ2v) is 6.79. The Morgan fingerprint density at radius 3 is 2.19 bits per heavy atom. The third-order valence-corrected chi connectivity index (χ3v) is 4.33. The Morgan fingerprint density at radius 1 is 1.14 bits per heavy atom. The third-order valence-electron chi connectivity index (χ3n) is 4.33. The second-order valence-electron chi connectivity index (χ2n) is 6.79. The van der Waals surface area contributed by atoms with Gasteiger partial charge in [0.2, 0.25) is 11.8 Å². The van der Waals surface area contributed by atoms with E-state index in [0.29, 0.717) is 19.4 Å². The topological polar surface area (TPSA) is 37.4 Å². The molecule has 1 aliphatic rings. The van der Waals surface area contributed by atoms with Crippen molar-refractivity contribution in [3.63, 3.8) is 0 Å². The van der Waals surface area contributed by atoms with Gasteiger partial charge in [0.15, 0.2) is 0 Å². The van der Waals surface area contributed by atoms with Crippen LogP contribution in [0.4, 0.5) is 0 Å². The molecule has 0 unspecified atom stereocenters. The third kappa shape index (κ3) is 5.49. The Bertz CT molecular complexity index is 438. The van der Waals surface area contributed by atoms with Crippen LogP contribution in [0.3, 0.4) is 0 Å².